The smallest absolute Gasteiger partial charge is 0.255 e. The summed E-state index contributed by atoms with van der Waals surface area (Å²) >= 11 is -2.42. The van der Waals surface area contributed by atoms with Gasteiger partial charge in [-0.05, 0) is 74.0 Å². The molecule has 34 heavy (non-hydrogen) atoms. The van der Waals surface area contributed by atoms with Crippen LogP contribution in [0.5, 0.6) is 0 Å². The number of nitrogens with two attached hydrogens (primary N) is 1. The largest absolute Gasteiger partial charge is 0.755 e. The van der Waals surface area contributed by atoms with E-state index >= 15 is 0 Å². The second-order valence-corrected chi connectivity index (χ2v) is 8.76. The van der Waals surface area contributed by atoms with Gasteiger partial charge in [-0.25, -0.2) is 4.98 Å². The zero-order valence-electron chi connectivity index (χ0n) is 18.7. The van der Waals surface area contributed by atoms with Crippen molar-refractivity contribution in [2.75, 3.05) is 22.7 Å². The van der Waals surface area contributed by atoms with E-state index in [-0.39, 0.29) is 12.5 Å². The van der Waals surface area contributed by atoms with Crippen LogP contribution in [0.4, 0.5) is 11.4 Å². The Kier molecular flexibility index (Phi) is 7.32. The fourth-order valence-corrected chi connectivity index (χ4v) is 4.27. The van der Waals surface area contributed by atoms with E-state index in [1.165, 1.54) is 4.31 Å². The first kappa shape index (κ1) is 23.6. The predicted octanol–water partition coefficient (Wildman–Crippen LogP) is 4.41. The fraction of sp³-hybridized carbons (Fsp3) is 0.154. The Morgan fingerprint density at radius 1 is 1.06 bits per heavy atom. The summed E-state index contributed by atoms with van der Waals surface area (Å²) < 4.78 is 24.3. The topological polar surface area (TPSA) is 111 Å². The molecule has 0 aliphatic carbocycles. The molecule has 0 bridgehead atoms. The lowest BCUT2D eigenvalue weighted by Gasteiger charge is -2.26. The Morgan fingerprint density at radius 3 is 2.56 bits per heavy atom. The van der Waals surface area contributed by atoms with E-state index in [1.807, 2.05) is 61.5 Å². The fourth-order valence-electron chi connectivity index (χ4n) is 3.70. The van der Waals surface area contributed by atoms with Crippen LogP contribution in [0, 0.1) is 6.92 Å². The second kappa shape index (κ2) is 10.6. The number of para-hydroxylation sites is 1. The van der Waals surface area contributed by atoms with Crippen LogP contribution in [0.15, 0.2) is 78.9 Å². The monoisotopic (exact) mass is 473 g/mol. The molecule has 1 amide bonds. The van der Waals surface area contributed by atoms with E-state index in [2.05, 4.69) is 5.32 Å². The maximum Gasteiger partial charge on any atom is 0.255 e. The molecule has 4 aromatic rings. The van der Waals surface area contributed by atoms with Gasteiger partial charge in [-0.3, -0.25) is 9.00 Å². The Morgan fingerprint density at radius 2 is 1.82 bits per heavy atom. The molecule has 0 saturated carbocycles. The molecule has 1 heterocycles. The summed E-state index contributed by atoms with van der Waals surface area (Å²) in [6, 6.07) is 24.1. The Balaban J connectivity index is 1.53. The van der Waals surface area contributed by atoms with Crippen LogP contribution >= 0.6 is 0 Å². The number of carbonyl (C=O) groups is 1. The lowest BCUT2D eigenvalue weighted by atomic mass is 10.0. The number of benzene rings is 3. The van der Waals surface area contributed by atoms with Gasteiger partial charge in [-0.15, -0.1) is 0 Å². The molecule has 4 rings (SSSR count). The number of hydrogen-bond acceptors (Lipinski definition) is 5. The van der Waals surface area contributed by atoms with Crippen LogP contribution < -0.4 is 15.4 Å². The van der Waals surface area contributed by atoms with E-state index in [4.69, 9.17) is 10.7 Å². The van der Waals surface area contributed by atoms with Crippen molar-refractivity contribution in [1.82, 2.24) is 4.98 Å². The number of carbonyl (C=O) groups excluding carboxylic acids is 1. The van der Waals surface area contributed by atoms with Gasteiger partial charge < -0.3 is 19.9 Å². The third kappa shape index (κ3) is 5.31. The van der Waals surface area contributed by atoms with Gasteiger partial charge in [0, 0.05) is 45.7 Å². The lowest BCUT2D eigenvalue weighted by molar-refractivity contribution is 0.102. The summed E-state index contributed by atoms with van der Waals surface area (Å²) in [6.45, 7) is 2.68. The zero-order valence-corrected chi connectivity index (χ0v) is 19.5. The first-order chi connectivity index (χ1) is 16.5. The van der Waals surface area contributed by atoms with Crippen LogP contribution in [0.2, 0.25) is 0 Å². The van der Waals surface area contributed by atoms with Crippen LogP contribution in [0.3, 0.4) is 0 Å². The van der Waals surface area contributed by atoms with E-state index in [1.54, 1.807) is 24.3 Å². The van der Waals surface area contributed by atoms with Crippen LogP contribution in [-0.2, 0) is 11.3 Å². The second-order valence-electron chi connectivity index (χ2n) is 7.88. The molecular formula is C26H25N4O3S-. The standard InChI is InChI=1S/C26H26N4O3S/c1-18-7-11-21(17-23(18)25-14-10-19-5-2-3-6-24(19)29-25)28-26(31)20-8-12-22(13-9-20)30(34(32)33)16-4-15-27/h2-3,5-14,17H,4,15-16,27H2,1H3,(H,28,31)(H,32,33)/p-1. The quantitative estimate of drug-likeness (QED) is 0.368. The minimum Gasteiger partial charge on any atom is -0.755 e. The average molecular weight is 474 g/mol. The zero-order chi connectivity index (χ0) is 24.1. The van der Waals surface area contributed by atoms with Crippen molar-refractivity contribution in [3.63, 3.8) is 0 Å². The molecule has 0 aliphatic rings. The number of hydrogen-bond donors (Lipinski definition) is 2. The minimum atomic E-state index is -2.42. The van der Waals surface area contributed by atoms with Gasteiger partial charge in [-0.2, -0.15) is 0 Å². The van der Waals surface area contributed by atoms with Gasteiger partial charge in [-0.1, -0.05) is 30.3 Å². The van der Waals surface area contributed by atoms with Gasteiger partial charge in [0.1, 0.15) is 0 Å². The molecule has 1 atom stereocenters. The Hall–Kier alpha value is -3.59. The highest BCUT2D eigenvalue weighted by molar-refractivity contribution is 7.80. The molecule has 0 spiro atoms. The molecular weight excluding hydrogens is 448 g/mol. The first-order valence-electron chi connectivity index (χ1n) is 10.9. The number of aryl methyl sites for hydroxylation is 1. The molecule has 0 fully saturated rings. The van der Waals surface area contributed by atoms with Crippen molar-refractivity contribution >= 4 is 39.5 Å². The van der Waals surface area contributed by atoms with Crippen molar-refractivity contribution in [3.8, 4) is 11.3 Å². The predicted molar refractivity (Wildman–Crippen MR) is 136 cm³/mol. The van der Waals surface area contributed by atoms with Crippen molar-refractivity contribution in [2.45, 2.75) is 13.3 Å². The Labute approximate surface area is 201 Å². The summed E-state index contributed by atoms with van der Waals surface area (Å²) in [7, 11) is 0. The molecule has 3 aromatic carbocycles. The van der Waals surface area contributed by atoms with Crippen molar-refractivity contribution < 1.29 is 13.6 Å². The minimum absolute atomic E-state index is 0.285. The number of amides is 1. The maximum atomic E-state index is 12.8. The van der Waals surface area contributed by atoms with Crippen LogP contribution in [0.25, 0.3) is 22.2 Å². The van der Waals surface area contributed by atoms with E-state index in [9.17, 15) is 13.6 Å². The van der Waals surface area contributed by atoms with Crippen molar-refractivity contribution in [2.24, 2.45) is 5.73 Å². The summed E-state index contributed by atoms with van der Waals surface area (Å²) in [5.74, 6) is -0.287. The highest BCUT2D eigenvalue weighted by Crippen LogP contribution is 2.27. The number of aromatic nitrogens is 1. The molecule has 174 valence electrons. The van der Waals surface area contributed by atoms with Crippen LogP contribution in [-0.4, -0.2) is 32.7 Å². The maximum absolute atomic E-state index is 12.8. The van der Waals surface area contributed by atoms with Gasteiger partial charge >= 0.3 is 0 Å². The molecule has 8 heteroatoms. The van der Waals surface area contributed by atoms with Crippen molar-refractivity contribution in [1.29, 1.82) is 0 Å². The molecule has 0 radical (unpaired) electrons. The highest BCUT2D eigenvalue weighted by Gasteiger charge is 2.12. The normalized spacial score (nSPS) is 11.9. The number of rotatable bonds is 8. The van der Waals surface area contributed by atoms with E-state index < -0.39 is 11.3 Å². The molecule has 3 N–H and O–H groups in total. The molecule has 1 aromatic heterocycles. The van der Waals surface area contributed by atoms with Crippen molar-refractivity contribution in [3.05, 3.63) is 90.0 Å². The Bertz CT molecular complexity index is 1340. The number of anilines is 2. The average Bonchev–Trinajstić information content (AvgIpc) is 2.85. The van der Waals surface area contributed by atoms with Gasteiger partial charge in [0.15, 0.2) is 0 Å². The lowest BCUT2D eigenvalue weighted by Crippen LogP contribution is -2.28. The van der Waals surface area contributed by atoms with E-state index in [0.29, 0.717) is 29.9 Å². The summed E-state index contributed by atoms with van der Waals surface area (Å²) in [4.78, 5) is 17.6. The molecule has 0 saturated heterocycles. The van der Waals surface area contributed by atoms with E-state index in [0.717, 1.165) is 27.7 Å². The van der Waals surface area contributed by atoms with Gasteiger partial charge in [0.05, 0.1) is 11.2 Å². The molecule has 1 unspecified atom stereocenters. The van der Waals surface area contributed by atoms with Crippen LogP contribution in [0.1, 0.15) is 22.3 Å². The SMILES string of the molecule is Cc1ccc(NC(=O)c2ccc(N(CCCN)S(=O)[O-])cc2)cc1-c1ccc2ccccc2n1. The molecule has 7 nitrogen and oxygen atoms in total. The summed E-state index contributed by atoms with van der Waals surface area (Å²) in [5.41, 5.74) is 10.8. The number of pyridine rings is 1. The highest BCUT2D eigenvalue weighted by atomic mass is 32.2. The number of nitrogens with one attached hydrogen (secondary N) is 1. The summed E-state index contributed by atoms with van der Waals surface area (Å²) in [6.07, 6.45) is 0.540. The summed E-state index contributed by atoms with van der Waals surface area (Å²) in [5, 5.41) is 3.99. The third-order valence-corrected chi connectivity index (χ3v) is 6.29. The number of nitrogens with zero attached hydrogens (tertiary/aromatic N) is 2. The van der Waals surface area contributed by atoms with Gasteiger partial charge in [0.25, 0.3) is 5.91 Å². The third-order valence-electron chi connectivity index (χ3n) is 5.53. The first-order valence-corrected chi connectivity index (χ1v) is 11.9. The van der Waals surface area contributed by atoms with Gasteiger partial charge in [0.2, 0.25) is 0 Å². The number of fused-ring (bicyclic) bond motifs is 1. The molecule has 0 aliphatic heterocycles.